The number of hydrogen-bond acceptors (Lipinski definition) is 3. The van der Waals surface area contributed by atoms with Crippen molar-refractivity contribution in [1.29, 1.82) is 0 Å². The average Bonchev–Trinajstić information content (AvgIpc) is 0.756. The van der Waals surface area contributed by atoms with Gasteiger partial charge >= 0.3 is 8.60 Å². The molecule has 0 bridgehead atoms. The average molecular weight is 1900 g/mol. The second kappa shape index (κ2) is 73.8. The molecule has 0 spiro atoms. The van der Waals surface area contributed by atoms with Gasteiger partial charge in [-0.15, -0.1) is 0 Å². The first-order chi connectivity index (χ1) is 68.8. The molecule has 764 valence electrons. The minimum atomic E-state index is -2.42. The van der Waals surface area contributed by atoms with Crippen molar-refractivity contribution in [2.45, 2.75) is 525 Å². The quantitative estimate of drug-likeness (QED) is 0.0281. The Balaban J connectivity index is 1.41. The molecule has 9 aromatic rings. The van der Waals surface area contributed by atoms with E-state index < -0.39 is 8.60 Å². The Bertz CT molecular complexity index is 4190. The summed E-state index contributed by atoms with van der Waals surface area (Å²) in [6, 6.07) is 72.9. The van der Waals surface area contributed by atoms with Crippen LogP contribution in [-0.4, -0.2) is 0 Å². The van der Waals surface area contributed by atoms with Crippen LogP contribution in [0.2, 0.25) is 0 Å². The number of aryl methyl sites for hydroxylation is 9. The molecule has 0 fully saturated rings. The molecule has 0 aliphatic rings. The van der Waals surface area contributed by atoms with Crippen LogP contribution in [0.5, 0.6) is 17.2 Å². The van der Waals surface area contributed by atoms with Gasteiger partial charge in [0.2, 0.25) is 0 Å². The zero-order chi connectivity index (χ0) is 97.7. The van der Waals surface area contributed by atoms with Gasteiger partial charge in [-0.1, -0.05) is 573 Å². The summed E-state index contributed by atoms with van der Waals surface area (Å²) >= 11 is 0. The Kier molecular flexibility index (Phi) is 61.3. The van der Waals surface area contributed by atoms with Crippen molar-refractivity contribution >= 4 is 8.60 Å². The summed E-state index contributed by atoms with van der Waals surface area (Å²) in [5.41, 5.74) is 28.3. The molecule has 0 N–H and O–H groups in total. The zero-order valence-electron chi connectivity index (χ0n) is 90.9. The molecular weight excluding hydrogens is 1700 g/mol. The van der Waals surface area contributed by atoms with E-state index in [1.54, 1.807) is 0 Å². The molecule has 3 nitrogen and oxygen atoms in total. The molecule has 4 heteroatoms. The standard InChI is InChI=1S/C135H201O3P/c1-10-19-28-37-46-55-64-85-112-91-73-79-100-121(112)130-118(97-70-61-52-43-34-25-16-7)106-109-127(133(130)124-103-82-76-94-115(124)88-67-58-49-40-31-22-13-4)136-139(137-128-110-107-119(98-71-62-53-44-35-26-17-8)131(122-101-80-74-92-113(122)86-65-56-47-38-29-20-11-2)134(128)125-104-83-77-95-116(125)89-68-59-50-41-32-23-14-5)138-129-111-108-120(99-72-63-54-45-36-27-18-9)132(123-102-81-75-93-114(123)87-66-57-48-39-30-21-12-3)135(129)126-105-84-78-96-117(126)90-69-60-51-42-33-24-15-6/h73-84,91-96,100-111H,10-72,85-90,97-99H2,1-9H3. The molecule has 0 aromatic heterocycles. The summed E-state index contributed by atoms with van der Waals surface area (Å²) in [6.07, 6.45) is 89.1. The van der Waals surface area contributed by atoms with E-state index in [1.165, 1.54) is 483 Å². The smallest absolute Gasteiger partial charge is 0.408 e. The van der Waals surface area contributed by atoms with E-state index in [0.717, 1.165) is 114 Å². The Labute approximate surface area is 857 Å². The van der Waals surface area contributed by atoms with E-state index >= 15 is 0 Å². The molecule has 0 heterocycles. The lowest BCUT2D eigenvalue weighted by Gasteiger charge is -2.28. The molecule has 0 amide bonds. The predicted octanol–water partition coefficient (Wildman–Crippen LogP) is 45.1. The van der Waals surface area contributed by atoms with Crippen LogP contribution in [0.25, 0.3) is 66.8 Å². The second-order valence-electron chi connectivity index (χ2n) is 42.2. The first kappa shape index (κ1) is 115. The fourth-order valence-corrected chi connectivity index (χ4v) is 23.2. The highest BCUT2D eigenvalue weighted by molar-refractivity contribution is 7.43. The van der Waals surface area contributed by atoms with Gasteiger partial charge in [0.15, 0.2) is 0 Å². The summed E-state index contributed by atoms with van der Waals surface area (Å²) in [6.45, 7) is 21.2. The third-order valence-corrected chi connectivity index (χ3v) is 31.5. The van der Waals surface area contributed by atoms with Gasteiger partial charge in [-0.25, -0.2) is 0 Å². The van der Waals surface area contributed by atoms with E-state index in [0.29, 0.717) is 0 Å². The van der Waals surface area contributed by atoms with Crippen molar-refractivity contribution in [3.63, 3.8) is 0 Å². The van der Waals surface area contributed by atoms with Crippen LogP contribution in [0.15, 0.2) is 182 Å². The summed E-state index contributed by atoms with van der Waals surface area (Å²) in [5.74, 6) is 2.53. The maximum Gasteiger partial charge on any atom is 0.530 e. The summed E-state index contributed by atoms with van der Waals surface area (Å²) in [5, 5.41) is 0. The second-order valence-corrected chi connectivity index (χ2v) is 43.2. The minimum Gasteiger partial charge on any atom is -0.408 e. The summed E-state index contributed by atoms with van der Waals surface area (Å²) < 4.78 is 26.0. The molecule has 0 unspecified atom stereocenters. The van der Waals surface area contributed by atoms with Gasteiger partial charge in [0, 0.05) is 16.7 Å². The van der Waals surface area contributed by atoms with E-state index in [2.05, 4.69) is 244 Å². The predicted molar refractivity (Wildman–Crippen MR) is 616 cm³/mol. The van der Waals surface area contributed by atoms with Crippen molar-refractivity contribution in [2.75, 3.05) is 0 Å². The molecule has 0 saturated carbocycles. The third-order valence-electron chi connectivity index (χ3n) is 30.4. The fraction of sp³-hybridized carbons (Fsp3) is 0.600. The van der Waals surface area contributed by atoms with E-state index in [1.807, 2.05) is 0 Å². The molecule has 0 saturated heterocycles. The van der Waals surface area contributed by atoms with E-state index in [-0.39, 0.29) is 0 Å². The highest BCUT2D eigenvalue weighted by Gasteiger charge is 2.34. The normalized spacial score (nSPS) is 11.6. The molecule has 0 aliphatic carbocycles. The lowest BCUT2D eigenvalue weighted by Crippen LogP contribution is -2.09. The van der Waals surface area contributed by atoms with Crippen LogP contribution in [0.3, 0.4) is 0 Å². The van der Waals surface area contributed by atoms with Gasteiger partial charge in [0.25, 0.3) is 0 Å². The monoisotopic (exact) mass is 1900 g/mol. The van der Waals surface area contributed by atoms with Gasteiger partial charge in [-0.05, 0) is 234 Å². The number of unbranched alkanes of at least 4 members (excludes halogenated alkanes) is 54. The Hall–Kier alpha value is -7.19. The Morgan fingerprint density at radius 2 is 0.259 bits per heavy atom. The summed E-state index contributed by atoms with van der Waals surface area (Å²) in [7, 11) is -2.42. The van der Waals surface area contributed by atoms with Crippen molar-refractivity contribution in [3.8, 4) is 84.0 Å². The van der Waals surface area contributed by atoms with Crippen LogP contribution in [0.1, 0.15) is 517 Å². The molecule has 9 aromatic carbocycles. The van der Waals surface area contributed by atoms with Gasteiger partial charge < -0.3 is 13.6 Å². The Morgan fingerprint density at radius 1 is 0.129 bits per heavy atom. The third kappa shape index (κ3) is 42.2. The lowest BCUT2D eigenvalue weighted by atomic mass is 9.83. The highest BCUT2D eigenvalue weighted by Crippen LogP contribution is 2.57. The SMILES string of the molecule is CCCCCCCCCc1ccccc1-c1c(CCCCCCCCC)ccc(OP(Oc2ccc(CCCCCCCCC)c(-c3ccccc3CCCCCCCCC)c2-c2ccccc2CCCCCCCCC)Oc2ccc(CCCCCCCCC)c(-c3ccccc3CCCCCCCCC)c2-c2ccccc2CCCCCCCCC)c1-c1ccccc1CCCCCCCCC. The van der Waals surface area contributed by atoms with Crippen LogP contribution in [0.4, 0.5) is 0 Å². The van der Waals surface area contributed by atoms with Crippen molar-refractivity contribution in [1.82, 2.24) is 0 Å². The molecular formula is C135H201O3P. The molecule has 0 atom stereocenters. The van der Waals surface area contributed by atoms with Crippen LogP contribution >= 0.6 is 8.60 Å². The van der Waals surface area contributed by atoms with E-state index in [9.17, 15) is 0 Å². The van der Waals surface area contributed by atoms with Crippen LogP contribution in [0, 0.1) is 0 Å². The zero-order valence-corrected chi connectivity index (χ0v) is 91.8. The largest absolute Gasteiger partial charge is 0.530 e. The maximum atomic E-state index is 8.67. The van der Waals surface area contributed by atoms with Gasteiger partial charge in [-0.3, -0.25) is 0 Å². The van der Waals surface area contributed by atoms with Crippen molar-refractivity contribution < 1.29 is 13.6 Å². The fourth-order valence-electron chi connectivity index (χ4n) is 22.1. The van der Waals surface area contributed by atoms with Crippen LogP contribution < -0.4 is 13.6 Å². The first-order valence-corrected chi connectivity index (χ1v) is 60.7. The maximum absolute atomic E-state index is 8.67. The van der Waals surface area contributed by atoms with E-state index in [4.69, 9.17) is 13.6 Å². The topological polar surface area (TPSA) is 27.7 Å². The van der Waals surface area contributed by atoms with Gasteiger partial charge in [-0.2, -0.15) is 0 Å². The van der Waals surface area contributed by atoms with Crippen LogP contribution in [-0.2, 0) is 57.8 Å². The minimum absolute atomic E-state index is 0.843. The lowest BCUT2D eigenvalue weighted by molar-refractivity contribution is 0.390. The van der Waals surface area contributed by atoms with Gasteiger partial charge in [0.1, 0.15) is 17.2 Å². The number of rotatable bonds is 84. The van der Waals surface area contributed by atoms with Crippen molar-refractivity contribution in [2.24, 2.45) is 0 Å². The molecule has 0 radical (unpaired) electrons. The molecule has 0 aliphatic heterocycles. The highest BCUT2D eigenvalue weighted by atomic mass is 31.2. The summed E-state index contributed by atoms with van der Waals surface area (Å²) in [4.78, 5) is 0. The number of benzene rings is 9. The Morgan fingerprint density at radius 3 is 0.417 bits per heavy atom. The first-order valence-electron chi connectivity index (χ1n) is 59.7. The molecule has 9 rings (SSSR count). The molecule has 139 heavy (non-hydrogen) atoms. The van der Waals surface area contributed by atoms with Crippen molar-refractivity contribution in [3.05, 3.63) is 232 Å². The number of hydrogen-bond donors (Lipinski definition) is 0. The van der Waals surface area contributed by atoms with Gasteiger partial charge in [0.05, 0.1) is 0 Å².